The van der Waals surface area contributed by atoms with Crippen LogP contribution in [-0.2, 0) is 13.1 Å². The second-order valence-corrected chi connectivity index (χ2v) is 8.22. The molecule has 0 atom stereocenters. The van der Waals surface area contributed by atoms with Crippen molar-refractivity contribution >= 4 is 5.91 Å². The van der Waals surface area contributed by atoms with E-state index in [4.69, 9.17) is 9.47 Å². The quantitative estimate of drug-likeness (QED) is 0.771. The molecule has 3 heterocycles. The summed E-state index contributed by atoms with van der Waals surface area (Å²) in [6.07, 6.45) is 3.33. The lowest BCUT2D eigenvalue weighted by molar-refractivity contribution is 0.0756. The molecule has 3 aliphatic heterocycles. The van der Waals surface area contributed by atoms with E-state index >= 15 is 0 Å². The standard InChI is InChI=1S/C23H25FN2O3/c24-19-3-1-17(2-4-19)13-25-8-5-16(6-9-25)7-10-26-14-18-11-21-22(29-15-28-21)12-20(18)23(26)27/h1-4,11-12,16H,5-10,13-15H2. The molecule has 2 aromatic carbocycles. The van der Waals surface area contributed by atoms with Gasteiger partial charge < -0.3 is 14.4 Å². The molecule has 3 aliphatic rings. The molecule has 0 aliphatic carbocycles. The maximum atomic E-state index is 13.1. The largest absolute Gasteiger partial charge is 0.454 e. The van der Waals surface area contributed by atoms with E-state index in [9.17, 15) is 9.18 Å². The zero-order chi connectivity index (χ0) is 19.8. The first-order chi connectivity index (χ1) is 14.2. The Labute approximate surface area is 170 Å². The van der Waals surface area contributed by atoms with Crippen LogP contribution in [0.1, 0.15) is 40.7 Å². The Morgan fingerprint density at radius 3 is 2.52 bits per heavy atom. The van der Waals surface area contributed by atoms with Crippen molar-refractivity contribution in [3.63, 3.8) is 0 Å². The molecule has 5 rings (SSSR count). The molecule has 2 aromatic rings. The predicted molar refractivity (Wildman–Crippen MR) is 106 cm³/mol. The summed E-state index contributed by atoms with van der Waals surface area (Å²) in [5.74, 6) is 1.98. The monoisotopic (exact) mass is 396 g/mol. The van der Waals surface area contributed by atoms with Crippen LogP contribution in [0, 0.1) is 11.7 Å². The molecular formula is C23H25FN2O3. The molecule has 0 unspecified atom stereocenters. The summed E-state index contributed by atoms with van der Waals surface area (Å²) in [4.78, 5) is 17.1. The van der Waals surface area contributed by atoms with Crippen LogP contribution in [0.4, 0.5) is 4.39 Å². The Morgan fingerprint density at radius 1 is 1.03 bits per heavy atom. The van der Waals surface area contributed by atoms with E-state index in [0.29, 0.717) is 18.2 Å². The molecule has 6 heteroatoms. The first-order valence-electron chi connectivity index (χ1n) is 10.3. The molecular weight excluding hydrogens is 371 g/mol. The molecule has 0 radical (unpaired) electrons. The van der Waals surface area contributed by atoms with E-state index in [-0.39, 0.29) is 18.5 Å². The lowest BCUT2D eigenvalue weighted by Gasteiger charge is -2.32. The van der Waals surface area contributed by atoms with E-state index < -0.39 is 0 Å². The van der Waals surface area contributed by atoms with Gasteiger partial charge in [-0.25, -0.2) is 4.39 Å². The van der Waals surface area contributed by atoms with Gasteiger partial charge in [0, 0.05) is 25.2 Å². The van der Waals surface area contributed by atoms with E-state index in [1.807, 2.05) is 29.2 Å². The highest BCUT2D eigenvalue weighted by molar-refractivity contribution is 5.99. The number of nitrogens with zero attached hydrogens (tertiary/aromatic N) is 2. The van der Waals surface area contributed by atoms with Gasteiger partial charge in [-0.2, -0.15) is 0 Å². The first-order valence-corrected chi connectivity index (χ1v) is 10.3. The van der Waals surface area contributed by atoms with Crippen LogP contribution in [0.5, 0.6) is 11.5 Å². The summed E-state index contributed by atoms with van der Waals surface area (Å²) in [6, 6.07) is 10.6. The fourth-order valence-corrected chi connectivity index (χ4v) is 4.56. The van der Waals surface area contributed by atoms with Gasteiger partial charge in [0.05, 0.1) is 0 Å². The van der Waals surface area contributed by atoms with Gasteiger partial charge in [-0.3, -0.25) is 9.69 Å². The lowest BCUT2D eigenvalue weighted by atomic mass is 9.93. The number of hydrogen-bond donors (Lipinski definition) is 0. The van der Waals surface area contributed by atoms with Crippen molar-refractivity contribution < 1.29 is 18.7 Å². The highest BCUT2D eigenvalue weighted by Gasteiger charge is 2.31. The number of fused-ring (bicyclic) bond motifs is 2. The van der Waals surface area contributed by atoms with Gasteiger partial charge in [0.2, 0.25) is 6.79 Å². The van der Waals surface area contributed by atoms with Crippen LogP contribution >= 0.6 is 0 Å². The van der Waals surface area contributed by atoms with Gasteiger partial charge in [-0.15, -0.1) is 0 Å². The van der Waals surface area contributed by atoms with Gasteiger partial charge in [0.25, 0.3) is 5.91 Å². The molecule has 5 nitrogen and oxygen atoms in total. The van der Waals surface area contributed by atoms with Crippen molar-refractivity contribution in [3.05, 3.63) is 58.9 Å². The number of hydrogen-bond acceptors (Lipinski definition) is 4. The minimum absolute atomic E-state index is 0.104. The SMILES string of the molecule is O=C1c2cc3c(cc2CN1CCC1CCN(Cc2ccc(F)cc2)CC1)OCO3. The summed E-state index contributed by atoms with van der Waals surface area (Å²) in [5.41, 5.74) is 2.95. The van der Waals surface area contributed by atoms with Crippen LogP contribution in [0.25, 0.3) is 0 Å². The smallest absolute Gasteiger partial charge is 0.254 e. The number of carbonyl (C=O) groups excluding carboxylic acids is 1. The molecule has 1 fully saturated rings. The molecule has 0 bridgehead atoms. The zero-order valence-electron chi connectivity index (χ0n) is 16.4. The van der Waals surface area contributed by atoms with E-state index in [0.717, 1.165) is 67.9 Å². The Balaban J connectivity index is 1.10. The molecule has 0 spiro atoms. The lowest BCUT2D eigenvalue weighted by Crippen LogP contribution is -2.35. The number of ether oxygens (including phenoxy) is 2. The van der Waals surface area contributed by atoms with Crippen molar-refractivity contribution in [3.8, 4) is 11.5 Å². The van der Waals surface area contributed by atoms with Crippen LogP contribution in [0.2, 0.25) is 0 Å². The number of piperidine rings is 1. The van der Waals surface area contributed by atoms with Gasteiger partial charge in [0.1, 0.15) is 5.82 Å². The van der Waals surface area contributed by atoms with Crippen molar-refractivity contribution in [1.82, 2.24) is 9.80 Å². The number of amides is 1. The first kappa shape index (κ1) is 18.4. The third-order valence-corrected chi connectivity index (χ3v) is 6.31. The van der Waals surface area contributed by atoms with Gasteiger partial charge in [-0.05, 0) is 73.7 Å². The fraction of sp³-hybridized carbons (Fsp3) is 0.435. The highest BCUT2D eigenvalue weighted by Crippen LogP contribution is 2.38. The number of rotatable bonds is 5. The normalized spacial score (nSPS) is 19.1. The Morgan fingerprint density at radius 2 is 1.76 bits per heavy atom. The molecule has 0 N–H and O–H groups in total. The number of likely N-dealkylation sites (tertiary alicyclic amines) is 1. The molecule has 152 valence electrons. The molecule has 29 heavy (non-hydrogen) atoms. The summed E-state index contributed by atoms with van der Waals surface area (Å²) in [7, 11) is 0. The Bertz CT molecular complexity index is 907. The molecule has 1 saturated heterocycles. The molecule has 1 amide bonds. The molecule has 0 aromatic heterocycles. The highest BCUT2D eigenvalue weighted by atomic mass is 19.1. The second kappa shape index (κ2) is 7.67. The molecule has 0 saturated carbocycles. The minimum Gasteiger partial charge on any atom is -0.454 e. The summed E-state index contributed by atoms with van der Waals surface area (Å²) in [6.45, 7) is 4.67. The third-order valence-electron chi connectivity index (χ3n) is 6.31. The van der Waals surface area contributed by atoms with E-state index in [1.165, 1.54) is 12.1 Å². The fourth-order valence-electron chi connectivity index (χ4n) is 4.56. The van der Waals surface area contributed by atoms with Crippen molar-refractivity contribution in [1.29, 1.82) is 0 Å². The maximum Gasteiger partial charge on any atom is 0.254 e. The van der Waals surface area contributed by atoms with E-state index in [2.05, 4.69) is 4.90 Å². The van der Waals surface area contributed by atoms with Gasteiger partial charge in [0.15, 0.2) is 11.5 Å². The van der Waals surface area contributed by atoms with Crippen molar-refractivity contribution in [2.75, 3.05) is 26.4 Å². The number of halogens is 1. The summed E-state index contributed by atoms with van der Waals surface area (Å²) < 4.78 is 23.9. The van der Waals surface area contributed by atoms with E-state index in [1.54, 1.807) is 0 Å². The average Bonchev–Trinajstić information content (AvgIpc) is 3.31. The van der Waals surface area contributed by atoms with Crippen LogP contribution in [0.3, 0.4) is 0 Å². The predicted octanol–water partition coefficient (Wildman–Crippen LogP) is 3.81. The minimum atomic E-state index is -0.185. The van der Waals surface area contributed by atoms with Crippen molar-refractivity contribution in [2.24, 2.45) is 5.92 Å². The Kier molecular flexibility index (Phi) is 4.87. The number of carbonyl (C=O) groups is 1. The van der Waals surface area contributed by atoms with Gasteiger partial charge in [-0.1, -0.05) is 12.1 Å². The third kappa shape index (κ3) is 3.81. The summed E-state index contributed by atoms with van der Waals surface area (Å²) in [5, 5.41) is 0. The van der Waals surface area contributed by atoms with Gasteiger partial charge >= 0.3 is 0 Å². The van der Waals surface area contributed by atoms with Crippen LogP contribution in [-0.4, -0.2) is 42.1 Å². The number of benzene rings is 2. The Hall–Kier alpha value is -2.60. The average molecular weight is 396 g/mol. The maximum absolute atomic E-state index is 13.1. The van der Waals surface area contributed by atoms with Crippen LogP contribution < -0.4 is 9.47 Å². The van der Waals surface area contributed by atoms with Crippen molar-refractivity contribution in [2.45, 2.75) is 32.4 Å². The zero-order valence-corrected chi connectivity index (χ0v) is 16.4. The second-order valence-electron chi connectivity index (χ2n) is 8.22. The topological polar surface area (TPSA) is 42.0 Å². The van der Waals surface area contributed by atoms with Crippen LogP contribution in [0.15, 0.2) is 36.4 Å². The summed E-state index contributed by atoms with van der Waals surface area (Å²) >= 11 is 0.